The quantitative estimate of drug-likeness (QED) is 0.0398. The summed E-state index contributed by atoms with van der Waals surface area (Å²) in [6.07, 6.45) is 4.74. The predicted octanol–water partition coefficient (Wildman–Crippen LogP) is 10.8. The van der Waals surface area contributed by atoms with Crippen molar-refractivity contribution in [1.29, 1.82) is 0 Å². The summed E-state index contributed by atoms with van der Waals surface area (Å²) in [5.74, 6) is 0.561. The second-order valence-corrected chi connectivity index (χ2v) is 23.9. The van der Waals surface area contributed by atoms with E-state index < -0.39 is 11.9 Å². The number of likely N-dealkylation sites (N-methyl/N-ethyl adjacent to an activating group) is 1. The first kappa shape index (κ1) is 54.3. The molecule has 9 rings (SSSR count). The standard InChI is InChI=1S/C60H68N4O10S2/c1-8-21-72-35-47(65)28-43(59(69)71-7)36-75-76-60(3,4)20-19-56(66)61-44-24-38(33-73-53-31-52-49(22-37(53)2)58(68)64-46(32-62(52)5)27-42-14-10-12-16-51(42)64)23-39(25-44)34-74-55-29-40-17-18-45-26-41-13-9-11-15-50(41)63(45)57(67)48(40)30-54(55)70-6/h9-16,22-25,29-31,43,45-46H,8,17-21,26-28,32-36H2,1-7H3,(H,61,66)/t43?,45-,46+/m1/s1. The molecular formula is C60H68N4O10S2. The number of para-hydroxylation sites is 2. The van der Waals surface area contributed by atoms with E-state index in [1.807, 2.05) is 103 Å². The average molecular weight is 1070 g/mol. The van der Waals surface area contributed by atoms with E-state index in [4.69, 9.17) is 23.7 Å². The number of esters is 1. The predicted molar refractivity (Wildman–Crippen MR) is 301 cm³/mol. The van der Waals surface area contributed by atoms with Crippen molar-refractivity contribution in [3.63, 3.8) is 0 Å². The molecule has 0 spiro atoms. The van der Waals surface area contributed by atoms with E-state index in [1.54, 1.807) is 24.0 Å². The Morgan fingerprint density at radius 2 is 1.43 bits per heavy atom. The Balaban J connectivity index is 0.911. The summed E-state index contributed by atoms with van der Waals surface area (Å²) in [6.45, 7) is 9.43. The van der Waals surface area contributed by atoms with Gasteiger partial charge in [0.1, 0.15) is 25.6 Å². The fraction of sp³-hybridized carbons (Fsp3) is 0.417. The van der Waals surface area contributed by atoms with Crippen molar-refractivity contribution in [2.24, 2.45) is 5.92 Å². The lowest BCUT2D eigenvalue weighted by atomic mass is 9.99. The molecule has 1 N–H and O–H groups in total. The van der Waals surface area contributed by atoms with Crippen LogP contribution < -0.4 is 34.2 Å². The number of hydrogen-bond donors (Lipinski definition) is 1. The van der Waals surface area contributed by atoms with Crippen LogP contribution in [0.2, 0.25) is 0 Å². The molecule has 0 aliphatic carbocycles. The molecule has 0 bridgehead atoms. The summed E-state index contributed by atoms with van der Waals surface area (Å²) >= 11 is 0. The van der Waals surface area contributed by atoms with E-state index in [1.165, 1.54) is 29.0 Å². The van der Waals surface area contributed by atoms with E-state index in [-0.39, 0.29) is 73.0 Å². The van der Waals surface area contributed by atoms with Crippen LogP contribution in [0.4, 0.5) is 22.7 Å². The second-order valence-electron chi connectivity index (χ2n) is 20.8. The van der Waals surface area contributed by atoms with Crippen LogP contribution in [0.3, 0.4) is 0 Å². The summed E-state index contributed by atoms with van der Waals surface area (Å²) in [7, 11) is 7.97. The number of methoxy groups -OCH3 is 2. The number of nitrogens with zero attached hydrogens (tertiary/aromatic N) is 3. The van der Waals surface area contributed by atoms with Gasteiger partial charge in [-0.1, -0.05) is 64.9 Å². The second kappa shape index (κ2) is 23.8. The van der Waals surface area contributed by atoms with Gasteiger partial charge in [-0.2, -0.15) is 0 Å². The molecule has 1 unspecified atom stereocenters. The van der Waals surface area contributed by atoms with Crippen LogP contribution in [-0.2, 0) is 56.3 Å². The average Bonchev–Trinajstić information content (AvgIpc) is 3.93. The number of ether oxygens (including phenoxy) is 5. The highest BCUT2D eigenvalue weighted by Crippen LogP contribution is 2.44. The fourth-order valence-electron chi connectivity index (χ4n) is 10.8. The minimum Gasteiger partial charge on any atom is -0.493 e. The minimum atomic E-state index is -0.601. The number of carbonyl (C=O) groups is 5. The maximum absolute atomic E-state index is 14.2. The number of fused-ring (bicyclic) bond motifs is 8. The molecule has 3 amide bonds. The monoisotopic (exact) mass is 1070 g/mol. The smallest absolute Gasteiger partial charge is 0.309 e. The van der Waals surface area contributed by atoms with Gasteiger partial charge in [0.05, 0.1) is 37.4 Å². The first-order chi connectivity index (χ1) is 36.6. The van der Waals surface area contributed by atoms with Gasteiger partial charge in [-0.25, -0.2) is 0 Å². The van der Waals surface area contributed by atoms with Crippen LogP contribution in [0.15, 0.2) is 91.0 Å². The summed E-state index contributed by atoms with van der Waals surface area (Å²) in [6, 6.07) is 29.7. The number of amides is 3. The van der Waals surface area contributed by atoms with E-state index in [9.17, 15) is 24.0 Å². The highest BCUT2D eigenvalue weighted by molar-refractivity contribution is 8.77. The number of hydrogen-bond acceptors (Lipinski definition) is 13. The van der Waals surface area contributed by atoms with Crippen LogP contribution in [0.5, 0.6) is 17.2 Å². The van der Waals surface area contributed by atoms with Crippen LogP contribution in [-0.4, -0.2) is 93.1 Å². The van der Waals surface area contributed by atoms with Crippen molar-refractivity contribution in [2.75, 3.05) is 66.8 Å². The lowest BCUT2D eigenvalue weighted by Gasteiger charge is -2.25. The zero-order valence-electron chi connectivity index (χ0n) is 44.5. The molecular weight excluding hydrogens is 1000 g/mol. The Bertz CT molecular complexity index is 3020. The number of nitrogens with one attached hydrogen (secondary N) is 1. The highest BCUT2D eigenvalue weighted by atomic mass is 33.1. The number of anilines is 4. The molecule has 0 saturated heterocycles. The van der Waals surface area contributed by atoms with Crippen LogP contribution in [0.1, 0.15) is 107 Å². The van der Waals surface area contributed by atoms with Gasteiger partial charge >= 0.3 is 5.97 Å². The number of Topliss-reactive ketones (excluding diaryl/α,β-unsaturated/α-hetero) is 1. The van der Waals surface area contributed by atoms with Gasteiger partial charge in [-0.05, 0) is 141 Å². The Morgan fingerprint density at radius 1 is 0.776 bits per heavy atom. The third kappa shape index (κ3) is 12.2. The topological polar surface area (TPSA) is 153 Å². The number of aryl methyl sites for hydroxylation is 2. The molecule has 0 saturated carbocycles. The molecule has 5 aromatic carbocycles. The minimum absolute atomic E-state index is 0.0169. The molecule has 4 aliphatic heterocycles. The highest BCUT2D eigenvalue weighted by Gasteiger charge is 2.40. The molecule has 4 heterocycles. The van der Waals surface area contributed by atoms with E-state index >= 15 is 0 Å². The van der Waals surface area contributed by atoms with Gasteiger partial charge in [-0.3, -0.25) is 24.0 Å². The zero-order chi connectivity index (χ0) is 53.7. The molecule has 0 fully saturated rings. The van der Waals surface area contributed by atoms with Crippen molar-refractivity contribution in [1.82, 2.24) is 0 Å². The van der Waals surface area contributed by atoms with Crippen LogP contribution in [0, 0.1) is 12.8 Å². The SMILES string of the molecule is CCCOCC(=O)CC(CSSC(C)(C)CCC(=O)Nc1cc(COc2cc3c(cc2C)C(=O)N2c4ccccc4C[C@H]2CN3C)cc(COc2cc3c(cc2OC)C(=O)N2c4ccccc4C[C@H]2CC3)c1)C(=O)OC. The first-order valence-electron chi connectivity index (χ1n) is 26.2. The number of benzene rings is 5. The molecule has 14 nitrogen and oxygen atoms in total. The van der Waals surface area contributed by atoms with E-state index in [0.717, 1.165) is 65.0 Å². The summed E-state index contributed by atoms with van der Waals surface area (Å²) in [5, 5.41) is 3.14. The lowest BCUT2D eigenvalue weighted by molar-refractivity contribution is -0.146. The molecule has 3 atom stereocenters. The summed E-state index contributed by atoms with van der Waals surface area (Å²) < 4.78 is 29.1. The Hall–Kier alpha value is -6.49. The van der Waals surface area contributed by atoms with E-state index in [2.05, 4.69) is 36.2 Å². The number of carbonyl (C=O) groups excluding carboxylic acids is 5. The van der Waals surface area contributed by atoms with Gasteiger partial charge in [-0.15, -0.1) is 0 Å². The first-order valence-corrected chi connectivity index (χ1v) is 28.5. The van der Waals surface area contributed by atoms with Crippen molar-refractivity contribution in [2.45, 2.75) is 109 Å². The zero-order valence-corrected chi connectivity index (χ0v) is 46.2. The van der Waals surface area contributed by atoms with Crippen LogP contribution >= 0.6 is 21.6 Å². The molecule has 4 aliphatic rings. The fourth-order valence-corrected chi connectivity index (χ4v) is 13.7. The number of ketones is 1. The largest absolute Gasteiger partial charge is 0.493 e. The van der Waals surface area contributed by atoms with Crippen molar-refractivity contribution >= 4 is 73.8 Å². The summed E-state index contributed by atoms with van der Waals surface area (Å²) in [4.78, 5) is 73.4. The Labute approximate surface area is 453 Å². The molecule has 16 heteroatoms. The maximum atomic E-state index is 14.2. The molecule has 0 radical (unpaired) electrons. The van der Waals surface area contributed by atoms with Crippen LogP contribution in [0.25, 0.3) is 0 Å². The number of rotatable bonds is 22. The van der Waals surface area contributed by atoms with Gasteiger partial charge in [0.2, 0.25) is 5.91 Å². The van der Waals surface area contributed by atoms with Crippen molar-refractivity contribution in [3.8, 4) is 17.2 Å². The Kier molecular flexibility index (Phi) is 17.0. The third-order valence-electron chi connectivity index (χ3n) is 14.6. The molecule has 76 heavy (non-hydrogen) atoms. The summed E-state index contributed by atoms with van der Waals surface area (Å²) in [5.41, 5.74) is 10.2. The van der Waals surface area contributed by atoms with Crippen molar-refractivity contribution in [3.05, 3.63) is 136 Å². The molecule has 0 aromatic heterocycles. The third-order valence-corrected chi connectivity index (χ3v) is 18.0. The van der Waals surface area contributed by atoms with Crippen molar-refractivity contribution < 1.29 is 47.7 Å². The normalized spacial score (nSPS) is 16.8. The molecule has 5 aromatic rings. The van der Waals surface area contributed by atoms with Gasteiger partial charge in [0.25, 0.3) is 11.8 Å². The molecule has 400 valence electrons. The van der Waals surface area contributed by atoms with E-state index in [0.29, 0.717) is 65.8 Å². The van der Waals surface area contributed by atoms with Gasteiger partial charge in [0, 0.05) is 78.3 Å². The van der Waals surface area contributed by atoms with Gasteiger partial charge < -0.3 is 43.7 Å². The maximum Gasteiger partial charge on any atom is 0.309 e. The lowest BCUT2D eigenvalue weighted by Crippen LogP contribution is -2.41. The Morgan fingerprint density at radius 3 is 2.12 bits per heavy atom. The van der Waals surface area contributed by atoms with Gasteiger partial charge in [0.15, 0.2) is 17.3 Å².